The molecule has 4 heteroatoms. The number of rotatable bonds is 0. The zero-order chi connectivity index (χ0) is 24.0. The Morgan fingerprint density at radius 2 is 0.611 bits per heavy atom. The Morgan fingerprint density at radius 1 is 0.333 bits per heavy atom. The summed E-state index contributed by atoms with van der Waals surface area (Å²) in [7, 11) is 0. The van der Waals surface area contributed by atoms with Crippen LogP contribution in [-0.4, -0.2) is 0 Å². The average molecular weight is 464 g/mol. The summed E-state index contributed by atoms with van der Waals surface area (Å²) >= 11 is 0. The van der Waals surface area contributed by atoms with E-state index in [1.807, 2.05) is 97.1 Å². The van der Waals surface area contributed by atoms with E-state index in [0.717, 1.165) is 43.1 Å². The fourth-order valence-corrected chi connectivity index (χ4v) is 5.87. The molecule has 0 N–H and O–H groups in total. The standard InChI is InChI=1S/C32H16O4/c33-31-27-25-21-13-5-1-9-17(21)19-11-3-7-15-23(19)29(25)35-32(34)28(27)26-22-14-6-2-10-18(22)20-12-4-8-16-24(20)30(26)36-31/h1-16H. The second-order valence-electron chi connectivity index (χ2n) is 9.12. The molecule has 0 spiro atoms. The third-order valence-corrected chi connectivity index (χ3v) is 7.32. The highest BCUT2D eigenvalue weighted by Crippen LogP contribution is 2.41. The van der Waals surface area contributed by atoms with Crippen molar-refractivity contribution in [2.75, 3.05) is 0 Å². The molecule has 0 aliphatic heterocycles. The van der Waals surface area contributed by atoms with E-state index < -0.39 is 11.3 Å². The Hall–Kier alpha value is -4.96. The van der Waals surface area contributed by atoms with Crippen molar-refractivity contribution in [3.05, 3.63) is 118 Å². The highest BCUT2D eigenvalue weighted by Gasteiger charge is 2.23. The first-order chi connectivity index (χ1) is 17.7. The lowest BCUT2D eigenvalue weighted by molar-refractivity contribution is 0.561. The van der Waals surface area contributed by atoms with Gasteiger partial charge in [0.15, 0.2) is 0 Å². The summed E-state index contributed by atoms with van der Waals surface area (Å²) in [6.07, 6.45) is 0. The Labute approximate surface area is 202 Å². The molecule has 0 aliphatic carbocycles. The first kappa shape index (κ1) is 19.4. The molecule has 0 fully saturated rings. The van der Waals surface area contributed by atoms with E-state index in [0.29, 0.717) is 21.9 Å². The van der Waals surface area contributed by atoms with Crippen LogP contribution in [0.25, 0.3) is 75.8 Å². The molecule has 6 aromatic carbocycles. The smallest absolute Gasteiger partial charge is 0.345 e. The van der Waals surface area contributed by atoms with Gasteiger partial charge in [-0.2, -0.15) is 0 Å². The van der Waals surface area contributed by atoms with E-state index in [9.17, 15) is 9.59 Å². The molecule has 0 saturated heterocycles. The van der Waals surface area contributed by atoms with Crippen molar-refractivity contribution in [3.8, 4) is 0 Å². The topological polar surface area (TPSA) is 60.4 Å². The summed E-state index contributed by atoms with van der Waals surface area (Å²) < 4.78 is 12.2. The zero-order valence-electron chi connectivity index (χ0n) is 18.9. The Bertz CT molecular complexity index is 2190. The molecule has 36 heavy (non-hydrogen) atoms. The highest BCUT2D eigenvalue weighted by molar-refractivity contribution is 6.34. The van der Waals surface area contributed by atoms with Gasteiger partial charge in [-0.25, -0.2) is 9.59 Å². The maximum atomic E-state index is 13.8. The largest absolute Gasteiger partial charge is 0.422 e. The fourth-order valence-electron chi connectivity index (χ4n) is 5.87. The van der Waals surface area contributed by atoms with Gasteiger partial charge >= 0.3 is 11.3 Å². The molecule has 8 aromatic rings. The fraction of sp³-hybridized carbons (Fsp3) is 0. The SMILES string of the molecule is O=c1oc2c3ccccc3c3ccccc3c2c2c(=O)oc3c4ccccc4c4ccccc4c3c12. The second kappa shape index (κ2) is 6.80. The first-order valence-corrected chi connectivity index (χ1v) is 11.8. The minimum absolute atomic E-state index is 0.260. The lowest BCUT2D eigenvalue weighted by Crippen LogP contribution is -2.10. The van der Waals surface area contributed by atoms with E-state index in [1.54, 1.807) is 0 Å². The van der Waals surface area contributed by atoms with Gasteiger partial charge < -0.3 is 8.83 Å². The van der Waals surface area contributed by atoms with Gasteiger partial charge in [0.05, 0.1) is 10.8 Å². The van der Waals surface area contributed by atoms with Gasteiger partial charge in [-0.05, 0) is 32.3 Å². The number of benzene rings is 6. The predicted octanol–water partition coefficient (Wildman–Crippen LogP) is 7.67. The summed E-state index contributed by atoms with van der Waals surface area (Å²) in [6, 6.07) is 31.4. The Morgan fingerprint density at radius 3 is 0.972 bits per heavy atom. The van der Waals surface area contributed by atoms with Crippen LogP contribution in [0, 0.1) is 0 Å². The van der Waals surface area contributed by atoms with Crippen LogP contribution in [-0.2, 0) is 0 Å². The molecule has 0 aliphatic rings. The van der Waals surface area contributed by atoms with E-state index >= 15 is 0 Å². The molecule has 2 heterocycles. The lowest BCUT2D eigenvalue weighted by Gasteiger charge is -2.13. The monoisotopic (exact) mass is 464 g/mol. The molecule has 8 rings (SSSR count). The number of fused-ring (bicyclic) bond motifs is 15. The van der Waals surface area contributed by atoms with Crippen LogP contribution < -0.4 is 11.3 Å². The molecular formula is C32H16O4. The van der Waals surface area contributed by atoms with Gasteiger partial charge in [0.25, 0.3) is 0 Å². The van der Waals surface area contributed by atoms with Crippen LogP contribution >= 0.6 is 0 Å². The summed E-state index contributed by atoms with van der Waals surface area (Å²) in [5, 5.41) is 8.88. The van der Waals surface area contributed by atoms with Crippen LogP contribution in [0.2, 0.25) is 0 Å². The molecule has 0 amide bonds. The van der Waals surface area contributed by atoms with Gasteiger partial charge in [0, 0.05) is 21.5 Å². The Balaban J connectivity index is 1.79. The molecule has 0 atom stereocenters. The summed E-state index contributed by atoms with van der Waals surface area (Å²) in [5.74, 6) is 0. The Kier molecular flexibility index (Phi) is 3.66. The quantitative estimate of drug-likeness (QED) is 0.171. The van der Waals surface area contributed by atoms with Crippen molar-refractivity contribution in [1.29, 1.82) is 0 Å². The van der Waals surface area contributed by atoms with Gasteiger partial charge in [0.1, 0.15) is 11.2 Å². The van der Waals surface area contributed by atoms with Gasteiger partial charge in [-0.3, -0.25) is 0 Å². The van der Waals surface area contributed by atoms with Crippen molar-refractivity contribution in [1.82, 2.24) is 0 Å². The molecule has 2 aromatic heterocycles. The first-order valence-electron chi connectivity index (χ1n) is 11.8. The summed E-state index contributed by atoms with van der Waals surface area (Å²) in [4.78, 5) is 27.5. The predicted molar refractivity (Wildman–Crippen MR) is 146 cm³/mol. The van der Waals surface area contributed by atoms with Crippen LogP contribution in [0.4, 0.5) is 0 Å². The number of hydrogen-bond donors (Lipinski definition) is 0. The van der Waals surface area contributed by atoms with E-state index in [2.05, 4.69) is 0 Å². The molecule has 0 unspecified atom stereocenters. The van der Waals surface area contributed by atoms with Crippen LogP contribution in [0.15, 0.2) is 115 Å². The van der Waals surface area contributed by atoms with Crippen molar-refractivity contribution < 1.29 is 8.83 Å². The van der Waals surface area contributed by atoms with Gasteiger partial charge in [0.2, 0.25) is 0 Å². The van der Waals surface area contributed by atoms with Crippen LogP contribution in [0.3, 0.4) is 0 Å². The van der Waals surface area contributed by atoms with Crippen molar-refractivity contribution in [2.24, 2.45) is 0 Å². The maximum Gasteiger partial charge on any atom is 0.345 e. The van der Waals surface area contributed by atoms with Crippen molar-refractivity contribution in [2.45, 2.75) is 0 Å². The molecule has 0 radical (unpaired) electrons. The van der Waals surface area contributed by atoms with E-state index in [4.69, 9.17) is 8.83 Å². The molecule has 4 nitrogen and oxygen atoms in total. The third-order valence-electron chi connectivity index (χ3n) is 7.32. The molecule has 0 saturated carbocycles. The average Bonchev–Trinajstić information content (AvgIpc) is 2.93. The second-order valence-corrected chi connectivity index (χ2v) is 9.12. The van der Waals surface area contributed by atoms with E-state index in [-0.39, 0.29) is 10.8 Å². The van der Waals surface area contributed by atoms with Crippen LogP contribution in [0.5, 0.6) is 0 Å². The molecule has 0 bridgehead atoms. The minimum Gasteiger partial charge on any atom is -0.422 e. The lowest BCUT2D eigenvalue weighted by atomic mass is 9.92. The third kappa shape index (κ3) is 2.33. The summed E-state index contributed by atoms with van der Waals surface area (Å²) in [6.45, 7) is 0. The van der Waals surface area contributed by atoms with E-state index in [1.165, 1.54) is 0 Å². The van der Waals surface area contributed by atoms with Crippen LogP contribution in [0.1, 0.15) is 0 Å². The molecular weight excluding hydrogens is 448 g/mol. The van der Waals surface area contributed by atoms with Gasteiger partial charge in [-0.15, -0.1) is 0 Å². The minimum atomic E-state index is -0.545. The number of hydrogen-bond acceptors (Lipinski definition) is 4. The normalized spacial score (nSPS) is 12.1. The maximum absolute atomic E-state index is 13.8. The summed E-state index contributed by atoms with van der Waals surface area (Å²) in [5.41, 5.74) is -0.287. The van der Waals surface area contributed by atoms with Crippen molar-refractivity contribution >= 4 is 75.8 Å². The van der Waals surface area contributed by atoms with Crippen molar-refractivity contribution in [3.63, 3.8) is 0 Å². The zero-order valence-corrected chi connectivity index (χ0v) is 18.9. The van der Waals surface area contributed by atoms with Gasteiger partial charge in [-0.1, -0.05) is 97.1 Å². The molecule has 168 valence electrons. The highest BCUT2D eigenvalue weighted by atomic mass is 16.4.